The Kier molecular flexibility index (Phi) is 4.51. The van der Waals surface area contributed by atoms with E-state index < -0.39 is 5.97 Å². The largest absolute Gasteiger partial charge is 0.480 e. The van der Waals surface area contributed by atoms with Crippen LogP contribution in [0.5, 0.6) is 0 Å². The number of likely N-dealkylation sites (N-methyl/N-ethyl adjacent to an activating group) is 1. The molecule has 0 aromatic carbocycles. The molecule has 0 saturated carbocycles. The van der Waals surface area contributed by atoms with Crippen LogP contribution in [0.3, 0.4) is 0 Å². The Morgan fingerprint density at radius 2 is 2.12 bits per heavy atom. The zero-order valence-electron chi connectivity index (χ0n) is 10.1. The summed E-state index contributed by atoms with van der Waals surface area (Å²) in [6.07, 6.45) is 0. The van der Waals surface area contributed by atoms with E-state index in [0.29, 0.717) is 0 Å². The van der Waals surface area contributed by atoms with Crippen molar-refractivity contribution in [1.29, 1.82) is 0 Å². The monoisotopic (exact) mass is 256 g/mol. The summed E-state index contributed by atoms with van der Waals surface area (Å²) in [5.74, 6) is -1.02. The van der Waals surface area contributed by atoms with Gasteiger partial charge in [-0.1, -0.05) is 6.07 Å². The second-order valence-electron chi connectivity index (χ2n) is 3.83. The summed E-state index contributed by atoms with van der Waals surface area (Å²) in [4.78, 5) is 26.2. The average molecular weight is 256 g/mol. The van der Waals surface area contributed by atoms with Crippen molar-refractivity contribution < 1.29 is 14.7 Å². The van der Waals surface area contributed by atoms with Gasteiger partial charge in [0.05, 0.1) is 6.04 Å². The molecule has 94 valence electrons. The zero-order chi connectivity index (χ0) is 13.0. The van der Waals surface area contributed by atoms with Gasteiger partial charge < -0.3 is 14.9 Å². The van der Waals surface area contributed by atoms with Crippen LogP contribution in [0.1, 0.15) is 17.8 Å². The van der Waals surface area contributed by atoms with E-state index in [2.05, 4.69) is 0 Å². The molecule has 1 aromatic rings. The van der Waals surface area contributed by atoms with Gasteiger partial charge in [0.1, 0.15) is 6.54 Å². The maximum atomic E-state index is 11.9. The predicted octanol–water partition coefficient (Wildman–Crippen LogP) is 1.88. The highest BCUT2D eigenvalue weighted by molar-refractivity contribution is 7.10. The van der Waals surface area contributed by atoms with E-state index in [1.54, 1.807) is 18.4 Å². The molecule has 1 rings (SSSR count). The summed E-state index contributed by atoms with van der Waals surface area (Å²) in [6.45, 7) is 1.62. The van der Waals surface area contributed by atoms with Crippen LogP contribution in [-0.4, -0.2) is 47.5 Å². The Morgan fingerprint density at radius 1 is 1.47 bits per heavy atom. The fraction of sp³-hybridized carbons (Fsp3) is 0.455. The topological polar surface area (TPSA) is 60.9 Å². The maximum Gasteiger partial charge on any atom is 0.323 e. The van der Waals surface area contributed by atoms with E-state index in [1.807, 2.05) is 24.4 Å². The third-order valence-corrected chi connectivity index (χ3v) is 3.58. The molecule has 17 heavy (non-hydrogen) atoms. The first-order valence-electron chi connectivity index (χ1n) is 5.16. The van der Waals surface area contributed by atoms with Crippen LogP contribution in [-0.2, 0) is 4.79 Å². The number of hydrogen-bond acceptors (Lipinski definition) is 3. The second-order valence-corrected chi connectivity index (χ2v) is 4.81. The van der Waals surface area contributed by atoms with E-state index in [0.717, 1.165) is 4.88 Å². The van der Waals surface area contributed by atoms with Crippen molar-refractivity contribution in [1.82, 2.24) is 9.80 Å². The number of nitrogens with zero attached hydrogens (tertiary/aromatic N) is 2. The van der Waals surface area contributed by atoms with Crippen LogP contribution < -0.4 is 0 Å². The fourth-order valence-electron chi connectivity index (χ4n) is 1.43. The summed E-state index contributed by atoms with van der Waals surface area (Å²) < 4.78 is 0. The molecule has 0 aliphatic carbocycles. The molecule has 0 bridgehead atoms. The number of urea groups is 1. The van der Waals surface area contributed by atoms with Crippen molar-refractivity contribution in [2.45, 2.75) is 13.0 Å². The molecule has 1 aromatic heterocycles. The number of thiophene rings is 1. The standard InChI is InChI=1S/C11H16N2O3S/c1-8(9-5-4-6-17-9)13(3)11(16)12(2)7-10(14)15/h4-6,8H,7H2,1-3H3,(H,14,15). The molecule has 1 atom stereocenters. The van der Waals surface area contributed by atoms with Crippen molar-refractivity contribution in [2.75, 3.05) is 20.6 Å². The third kappa shape index (κ3) is 3.45. The lowest BCUT2D eigenvalue weighted by atomic mass is 10.2. The summed E-state index contributed by atoms with van der Waals surface area (Å²) in [6, 6.07) is 3.53. The predicted molar refractivity (Wildman–Crippen MR) is 66.2 cm³/mol. The first kappa shape index (κ1) is 13.5. The minimum Gasteiger partial charge on any atom is -0.480 e. The molecule has 6 heteroatoms. The number of carboxylic acids is 1. The average Bonchev–Trinajstić information content (AvgIpc) is 2.78. The fourth-order valence-corrected chi connectivity index (χ4v) is 2.25. The Hall–Kier alpha value is -1.56. The van der Waals surface area contributed by atoms with Crippen molar-refractivity contribution in [3.63, 3.8) is 0 Å². The Labute approximate surface area is 104 Å². The number of carbonyl (C=O) groups is 2. The Morgan fingerprint density at radius 3 is 2.59 bits per heavy atom. The number of rotatable bonds is 4. The number of carbonyl (C=O) groups excluding carboxylic acids is 1. The van der Waals surface area contributed by atoms with E-state index in [4.69, 9.17) is 5.11 Å². The molecule has 0 aliphatic rings. The lowest BCUT2D eigenvalue weighted by Gasteiger charge is -2.28. The molecule has 0 fully saturated rings. The quantitative estimate of drug-likeness (QED) is 0.894. The van der Waals surface area contributed by atoms with Gasteiger partial charge in [-0.05, 0) is 18.4 Å². The maximum absolute atomic E-state index is 11.9. The van der Waals surface area contributed by atoms with Crippen molar-refractivity contribution >= 4 is 23.3 Å². The van der Waals surface area contributed by atoms with Gasteiger partial charge >= 0.3 is 12.0 Å². The van der Waals surface area contributed by atoms with Crippen LogP contribution >= 0.6 is 11.3 Å². The zero-order valence-corrected chi connectivity index (χ0v) is 10.9. The molecule has 5 nitrogen and oxygen atoms in total. The Balaban J connectivity index is 2.66. The molecular formula is C11H16N2O3S. The smallest absolute Gasteiger partial charge is 0.323 e. The molecule has 1 unspecified atom stereocenters. The molecule has 0 spiro atoms. The van der Waals surface area contributed by atoms with Gasteiger partial charge in [0.2, 0.25) is 0 Å². The third-order valence-electron chi connectivity index (χ3n) is 2.54. The molecule has 2 amide bonds. The first-order chi connectivity index (χ1) is 7.93. The van der Waals surface area contributed by atoms with Gasteiger partial charge in [0.25, 0.3) is 0 Å². The SMILES string of the molecule is CC(c1cccs1)N(C)C(=O)N(C)CC(=O)O. The number of aliphatic carboxylic acids is 1. The van der Waals surface area contributed by atoms with Gasteiger partial charge in [-0.25, -0.2) is 4.79 Å². The van der Waals surface area contributed by atoms with Crippen molar-refractivity contribution in [2.24, 2.45) is 0 Å². The molecule has 1 N–H and O–H groups in total. The molecule has 1 heterocycles. The highest BCUT2D eigenvalue weighted by atomic mass is 32.1. The second kappa shape index (κ2) is 5.67. The van der Waals surface area contributed by atoms with Gasteiger partial charge in [-0.15, -0.1) is 11.3 Å². The normalized spacial score (nSPS) is 11.9. The minimum atomic E-state index is -1.02. The highest BCUT2D eigenvalue weighted by Crippen LogP contribution is 2.23. The number of hydrogen-bond donors (Lipinski definition) is 1. The van der Waals surface area contributed by atoms with Gasteiger partial charge in [-0.2, -0.15) is 0 Å². The van der Waals surface area contributed by atoms with Gasteiger partial charge in [-0.3, -0.25) is 4.79 Å². The number of amides is 2. The molecular weight excluding hydrogens is 240 g/mol. The van der Waals surface area contributed by atoms with Gasteiger partial charge in [0, 0.05) is 19.0 Å². The van der Waals surface area contributed by atoms with E-state index >= 15 is 0 Å². The van der Waals surface area contributed by atoms with Crippen LogP contribution in [0.25, 0.3) is 0 Å². The van der Waals surface area contributed by atoms with Crippen molar-refractivity contribution in [3.05, 3.63) is 22.4 Å². The Bertz CT molecular complexity index is 391. The summed E-state index contributed by atoms with van der Waals surface area (Å²) in [5.41, 5.74) is 0. The van der Waals surface area contributed by atoms with Crippen LogP contribution in [0.15, 0.2) is 17.5 Å². The molecule has 0 aliphatic heterocycles. The van der Waals surface area contributed by atoms with Crippen LogP contribution in [0.4, 0.5) is 4.79 Å². The highest BCUT2D eigenvalue weighted by Gasteiger charge is 2.22. The lowest BCUT2D eigenvalue weighted by molar-refractivity contribution is -0.137. The minimum absolute atomic E-state index is 0.0567. The van der Waals surface area contributed by atoms with Crippen LogP contribution in [0, 0.1) is 0 Å². The first-order valence-corrected chi connectivity index (χ1v) is 6.04. The van der Waals surface area contributed by atoms with Gasteiger partial charge in [0.15, 0.2) is 0 Å². The molecule has 0 saturated heterocycles. The summed E-state index contributed by atoms with van der Waals surface area (Å²) >= 11 is 1.57. The summed E-state index contributed by atoms with van der Waals surface area (Å²) in [5, 5.41) is 10.6. The van der Waals surface area contributed by atoms with E-state index in [1.165, 1.54) is 16.8 Å². The summed E-state index contributed by atoms with van der Waals surface area (Å²) in [7, 11) is 3.15. The van der Waals surface area contributed by atoms with Crippen molar-refractivity contribution in [3.8, 4) is 0 Å². The van der Waals surface area contributed by atoms with Crippen LogP contribution in [0.2, 0.25) is 0 Å². The van der Waals surface area contributed by atoms with E-state index in [-0.39, 0.29) is 18.6 Å². The van der Waals surface area contributed by atoms with E-state index in [9.17, 15) is 9.59 Å². The lowest BCUT2D eigenvalue weighted by Crippen LogP contribution is -2.42. The number of carboxylic acid groups (broad SMARTS) is 1. The molecule has 0 radical (unpaired) electrons.